The molecule has 0 aliphatic carbocycles. The minimum absolute atomic E-state index is 0.00763. The van der Waals surface area contributed by atoms with Gasteiger partial charge in [0.25, 0.3) is 0 Å². The summed E-state index contributed by atoms with van der Waals surface area (Å²) in [7, 11) is 1.23. The zero-order valence-electron chi connectivity index (χ0n) is 11.7. The third-order valence-corrected chi connectivity index (χ3v) is 3.17. The second-order valence-corrected chi connectivity index (χ2v) is 4.51. The maximum atomic E-state index is 13.3. The largest absolute Gasteiger partial charge is 0.480 e. The summed E-state index contributed by atoms with van der Waals surface area (Å²) in [5, 5.41) is 8.67. The van der Waals surface area contributed by atoms with E-state index in [1.165, 1.54) is 25.4 Å². The normalized spacial score (nSPS) is 11.4. The van der Waals surface area contributed by atoms with Gasteiger partial charge in [0.2, 0.25) is 5.88 Å². The number of methoxy groups -OCH3 is 1. The molecule has 0 aromatic carbocycles. The zero-order chi connectivity index (χ0) is 16.6. The fraction of sp³-hybridized carbons (Fsp3) is 0.143. The summed E-state index contributed by atoms with van der Waals surface area (Å²) in [4.78, 5) is 11.6. The fourth-order valence-electron chi connectivity index (χ4n) is 2.20. The Balaban J connectivity index is 2.37. The van der Waals surface area contributed by atoms with Gasteiger partial charge in [0.1, 0.15) is 12.1 Å². The molecule has 0 radical (unpaired) electrons. The first-order valence-corrected chi connectivity index (χ1v) is 6.29. The van der Waals surface area contributed by atoms with E-state index in [0.29, 0.717) is 0 Å². The number of nitriles is 1. The molecule has 116 valence electrons. The predicted octanol–water partition coefficient (Wildman–Crippen LogP) is 2.71. The lowest BCUT2D eigenvalue weighted by Crippen LogP contribution is -2.04. The second kappa shape index (κ2) is 5.24. The highest BCUT2D eigenvalue weighted by molar-refractivity contribution is 5.87. The summed E-state index contributed by atoms with van der Waals surface area (Å²) >= 11 is 0. The third-order valence-electron chi connectivity index (χ3n) is 3.17. The van der Waals surface area contributed by atoms with E-state index < -0.39 is 11.7 Å². The third kappa shape index (κ3) is 2.44. The van der Waals surface area contributed by atoms with Crippen LogP contribution in [-0.4, -0.2) is 26.6 Å². The molecule has 3 aromatic rings. The second-order valence-electron chi connectivity index (χ2n) is 4.51. The Bertz CT molecular complexity index is 926. The molecule has 3 heterocycles. The number of hydrogen-bond acceptors (Lipinski definition) is 5. The minimum atomic E-state index is -4.62. The van der Waals surface area contributed by atoms with Crippen molar-refractivity contribution in [2.45, 2.75) is 6.18 Å². The molecule has 0 amide bonds. The standard InChI is InChI=1S/C14H8F3N5O/c1-23-13-11-9(14(15,16)17)6-22(12(11)20-7-21-13)10-4-8(5-18)2-3-19-10/h2-4,6-7H,1H3. The lowest BCUT2D eigenvalue weighted by molar-refractivity contribution is -0.136. The Morgan fingerprint density at radius 3 is 2.70 bits per heavy atom. The van der Waals surface area contributed by atoms with Gasteiger partial charge in [0, 0.05) is 12.4 Å². The van der Waals surface area contributed by atoms with Gasteiger partial charge in [-0.15, -0.1) is 0 Å². The van der Waals surface area contributed by atoms with Crippen LogP contribution in [0.4, 0.5) is 13.2 Å². The number of halogens is 3. The Morgan fingerprint density at radius 2 is 2.04 bits per heavy atom. The number of hydrogen-bond donors (Lipinski definition) is 0. The van der Waals surface area contributed by atoms with Gasteiger partial charge in [0.05, 0.1) is 29.7 Å². The van der Waals surface area contributed by atoms with Gasteiger partial charge in [-0.1, -0.05) is 0 Å². The van der Waals surface area contributed by atoms with Crippen LogP contribution in [0.3, 0.4) is 0 Å². The van der Waals surface area contributed by atoms with Crippen molar-refractivity contribution in [3.05, 3.63) is 42.0 Å². The van der Waals surface area contributed by atoms with Crippen LogP contribution >= 0.6 is 0 Å². The van der Waals surface area contributed by atoms with E-state index in [1.807, 2.05) is 6.07 Å². The molecule has 3 rings (SSSR count). The monoisotopic (exact) mass is 319 g/mol. The van der Waals surface area contributed by atoms with Crippen LogP contribution in [0.5, 0.6) is 5.88 Å². The molecule has 0 unspecified atom stereocenters. The molecular formula is C14H8F3N5O. The molecule has 0 aliphatic heterocycles. The molecule has 0 spiro atoms. The van der Waals surface area contributed by atoms with E-state index in [2.05, 4.69) is 15.0 Å². The highest BCUT2D eigenvalue weighted by atomic mass is 19.4. The first-order chi connectivity index (χ1) is 11.0. The van der Waals surface area contributed by atoms with Gasteiger partial charge in [-0.3, -0.25) is 4.57 Å². The molecule has 0 atom stereocenters. The predicted molar refractivity (Wildman–Crippen MR) is 72.9 cm³/mol. The number of pyridine rings is 1. The summed E-state index contributed by atoms with van der Waals surface area (Å²) in [6.07, 6.45) is -1.31. The number of nitrogens with zero attached hydrogens (tertiary/aromatic N) is 5. The van der Waals surface area contributed by atoms with Crippen molar-refractivity contribution in [3.8, 4) is 17.8 Å². The lowest BCUT2D eigenvalue weighted by atomic mass is 10.2. The summed E-state index contributed by atoms with van der Waals surface area (Å²) < 4.78 is 46.0. The molecular weight excluding hydrogens is 311 g/mol. The van der Waals surface area contributed by atoms with Gasteiger partial charge in [0.15, 0.2) is 5.65 Å². The smallest absolute Gasteiger partial charge is 0.418 e. The van der Waals surface area contributed by atoms with Crippen molar-refractivity contribution in [2.24, 2.45) is 0 Å². The van der Waals surface area contributed by atoms with Crippen molar-refractivity contribution >= 4 is 11.0 Å². The molecule has 0 fully saturated rings. The van der Waals surface area contributed by atoms with Crippen LogP contribution in [0.15, 0.2) is 30.9 Å². The number of alkyl halides is 3. The molecule has 0 N–H and O–H groups in total. The maximum Gasteiger partial charge on any atom is 0.418 e. The van der Waals surface area contributed by atoms with Crippen LogP contribution < -0.4 is 4.74 Å². The Kier molecular flexibility index (Phi) is 3.37. The van der Waals surface area contributed by atoms with E-state index in [9.17, 15) is 13.2 Å². The van der Waals surface area contributed by atoms with Crippen molar-refractivity contribution in [3.63, 3.8) is 0 Å². The summed E-state index contributed by atoms with van der Waals surface area (Å²) in [6.45, 7) is 0. The zero-order valence-corrected chi connectivity index (χ0v) is 11.7. The fourth-order valence-corrected chi connectivity index (χ4v) is 2.20. The summed E-state index contributed by atoms with van der Waals surface area (Å²) in [6, 6.07) is 4.73. The molecule has 3 aromatic heterocycles. The van der Waals surface area contributed by atoms with Crippen LogP contribution in [0, 0.1) is 11.3 Å². The Hall–Kier alpha value is -3.15. The molecule has 0 bridgehead atoms. The SMILES string of the molecule is COc1ncnc2c1c(C(F)(F)F)cn2-c1cc(C#N)ccn1. The number of rotatable bonds is 2. The van der Waals surface area contributed by atoms with Gasteiger partial charge < -0.3 is 4.74 Å². The van der Waals surface area contributed by atoms with E-state index in [4.69, 9.17) is 10.00 Å². The van der Waals surface area contributed by atoms with Crippen LogP contribution in [0.2, 0.25) is 0 Å². The topological polar surface area (TPSA) is 76.6 Å². The highest BCUT2D eigenvalue weighted by Gasteiger charge is 2.37. The van der Waals surface area contributed by atoms with E-state index in [0.717, 1.165) is 17.1 Å². The van der Waals surface area contributed by atoms with E-state index in [-0.39, 0.29) is 28.3 Å². The maximum absolute atomic E-state index is 13.3. The number of aromatic nitrogens is 4. The highest BCUT2D eigenvalue weighted by Crippen LogP contribution is 2.39. The number of ether oxygens (including phenoxy) is 1. The van der Waals surface area contributed by atoms with Gasteiger partial charge in [-0.05, 0) is 12.1 Å². The first-order valence-electron chi connectivity index (χ1n) is 6.29. The quantitative estimate of drug-likeness (QED) is 0.726. The summed E-state index contributed by atoms with van der Waals surface area (Å²) in [5.74, 6) is -0.0391. The molecule has 23 heavy (non-hydrogen) atoms. The number of fused-ring (bicyclic) bond motifs is 1. The minimum Gasteiger partial charge on any atom is -0.480 e. The van der Waals surface area contributed by atoms with Gasteiger partial charge in [-0.25, -0.2) is 15.0 Å². The van der Waals surface area contributed by atoms with Crippen LogP contribution in [0.1, 0.15) is 11.1 Å². The van der Waals surface area contributed by atoms with Gasteiger partial charge in [-0.2, -0.15) is 18.4 Å². The first kappa shape index (κ1) is 14.8. The molecule has 6 nitrogen and oxygen atoms in total. The molecule has 0 saturated carbocycles. The van der Waals surface area contributed by atoms with E-state index in [1.54, 1.807) is 0 Å². The average molecular weight is 319 g/mol. The van der Waals surface area contributed by atoms with Gasteiger partial charge >= 0.3 is 6.18 Å². The lowest BCUT2D eigenvalue weighted by Gasteiger charge is -2.05. The molecule has 9 heteroatoms. The van der Waals surface area contributed by atoms with Crippen LogP contribution in [-0.2, 0) is 6.18 Å². The Morgan fingerprint density at radius 1 is 1.26 bits per heavy atom. The van der Waals surface area contributed by atoms with Crippen molar-refractivity contribution in [1.82, 2.24) is 19.5 Å². The molecule has 0 aliphatic rings. The van der Waals surface area contributed by atoms with Crippen molar-refractivity contribution in [2.75, 3.05) is 7.11 Å². The van der Waals surface area contributed by atoms with Crippen molar-refractivity contribution in [1.29, 1.82) is 5.26 Å². The average Bonchev–Trinajstić information content (AvgIpc) is 2.94. The summed E-state index contributed by atoms with van der Waals surface area (Å²) in [5.41, 5.74) is -0.674. The Labute approximate surface area is 127 Å². The molecule has 0 saturated heterocycles. The van der Waals surface area contributed by atoms with Crippen LogP contribution in [0.25, 0.3) is 16.9 Å². The van der Waals surface area contributed by atoms with E-state index >= 15 is 0 Å². The van der Waals surface area contributed by atoms with Crippen molar-refractivity contribution < 1.29 is 17.9 Å².